The van der Waals surface area contributed by atoms with E-state index in [1.54, 1.807) is 0 Å². The van der Waals surface area contributed by atoms with Gasteiger partial charge in [0.2, 0.25) is 0 Å². The minimum absolute atomic E-state index is 0.0827. The second-order valence-corrected chi connectivity index (χ2v) is 5.36. The Bertz CT molecular complexity index is 903. The minimum atomic E-state index is -1.52. The lowest BCUT2D eigenvalue weighted by atomic mass is 10.1. The molecule has 1 aromatic heterocycles. The molecule has 1 heterocycles. The van der Waals surface area contributed by atoms with E-state index in [1.807, 2.05) is 0 Å². The highest BCUT2D eigenvalue weighted by Gasteiger charge is 2.18. The zero-order valence-corrected chi connectivity index (χ0v) is 14.0. The Morgan fingerprint density at radius 3 is 2.56 bits per heavy atom. The van der Waals surface area contributed by atoms with Gasteiger partial charge in [0.1, 0.15) is 5.70 Å². The Kier molecular flexibility index (Phi) is 6.05. The lowest BCUT2D eigenvalue weighted by molar-refractivity contribution is -0.384. The highest BCUT2D eigenvalue weighted by Crippen LogP contribution is 2.15. The van der Waals surface area contributed by atoms with Crippen molar-refractivity contribution in [1.82, 2.24) is 10.6 Å². The number of hydrogen-bond acceptors (Lipinski definition) is 7. The number of benzene rings is 1. The third kappa shape index (κ3) is 5.26. The van der Waals surface area contributed by atoms with Crippen LogP contribution in [0.3, 0.4) is 0 Å². The number of nitro benzene ring substituents is 1. The van der Waals surface area contributed by atoms with Gasteiger partial charge >= 0.3 is 0 Å². The first-order chi connectivity index (χ1) is 12.8. The third-order valence-corrected chi connectivity index (χ3v) is 3.33. The number of carbonyl (C=O) groups is 3. The zero-order chi connectivity index (χ0) is 20.0. The fraction of sp³-hybridized carbons (Fsp3) is 0.118. The molecule has 2 aromatic rings. The molecule has 0 fully saturated rings. The van der Waals surface area contributed by atoms with Gasteiger partial charge in [-0.25, -0.2) is 0 Å². The van der Waals surface area contributed by atoms with E-state index in [2.05, 4.69) is 10.6 Å². The molecule has 0 aliphatic carbocycles. The van der Waals surface area contributed by atoms with Crippen LogP contribution in [0.25, 0.3) is 6.08 Å². The number of nitro groups is 1. The molecular weight excluding hydrogens is 358 g/mol. The molecule has 0 bridgehead atoms. The van der Waals surface area contributed by atoms with E-state index >= 15 is 0 Å². The molecule has 0 saturated heterocycles. The van der Waals surface area contributed by atoms with Crippen molar-refractivity contribution >= 4 is 29.5 Å². The van der Waals surface area contributed by atoms with Crippen molar-refractivity contribution in [3.8, 4) is 0 Å². The Labute approximate surface area is 152 Å². The molecule has 1 atom stereocenters. The van der Waals surface area contributed by atoms with Gasteiger partial charge in [0.25, 0.3) is 17.5 Å². The maximum absolute atomic E-state index is 12.3. The molecule has 1 aromatic carbocycles. The Balaban J connectivity index is 2.34. The molecule has 0 aliphatic heterocycles. The number of furan rings is 1. The van der Waals surface area contributed by atoms with Gasteiger partial charge in [-0.15, -0.1) is 0 Å². The van der Waals surface area contributed by atoms with E-state index in [4.69, 9.17) is 4.42 Å². The van der Waals surface area contributed by atoms with Crippen LogP contribution in [0, 0.1) is 10.1 Å². The average Bonchev–Trinajstić information content (AvgIpc) is 3.16. The standard InChI is InChI=1S/C17H15N3O7/c1-10(17(23)24)18-15(21)13(19-16(22)14-6-3-7-27-14)9-11-4-2-5-12(8-11)20(25)26/h2-10H,1H3,(H,18,21)(H,19,22)(H,23,24)/p-1/b13-9+/t10-/m1/s1. The first-order valence-corrected chi connectivity index (χ1v) is 7.60. The fourth-order valence-electron chi connectivity index (χ4n) is 1.98. The first kappa shape index (κ1) is 19.4. The molecule has 0 aliphatic rings. The summed E-state index contributed by atoms with van der Waals surface area (Å²) in [5.41, 5.74) is -0.302. The van der Waals surface area contributed by atoms with E-state index in [-0.39, 0.29) is 22.7 Å². The summed E-state index contributed by atoms with van der Waals surface area (Å²) in [6, 6.07) is 6.83. The number of carboxylic acid groups (broad SMARTS) is 1. The number of aliphatic carboxylic acids is 1. The predicted octanol–water partition coefficient (Wildman–Crippen LogP) is 0.213. The number of non-ortho nitro benzene ring substituents is 1. The highest BCUT2D eigenvalue weighted by molar-refractivity contribution is 6.05. The van der Waals surface area contributed by atoms with E-state index < -0.39 is 28.7 Å². The van der Waals surface area contributed by atoms with Gasteiger partial charge in [0.05, 0.1) is 23.2 Å². The lowest BCUT2D eigenvalue weighted by Gasteiger charge is -2.16. The monoisotopic (exact) mass is 372 g/mol. The summed E-state index contributed by atoms with van der Waals surface area (Å²) in [7, 11) is 0. The molecule has 2 N–H and O–H groups in total. The van der Waals surface area contributed by atoms with Crippen LogP contribution in [0.2, 0.25) is 0 Å². The maximum atomic E-state index is 12.3. The van der Waals surface area contributed by atoms with Gasteiger partial charge in [-0.2, -0.15) is 0 Å². The molecule has 0 spiro atoms. The summed E-state index contributed by atoms with van der Waals surface area (Å²) < 4.78 is 4.93. The summed E-state index contributed by atoms with van der Waals surface area (Å²) in [5.74, 6) is -3.28. The Hall–Kier alpha value is -3.95. The van der Waals surface area contributed by atoms with Crippen LogP contribution >= 0.6 is 0 Å². The van der Waals surface area contributed by atoms with Crippen molar-refractivity contribution in [3.63, 3.8) is 0 Å². The Morgan fingerprint density at radius 1 is 1.22 bits per heavy atom. The Morgan fingerprint density at radius 2 is 1.96 bits per heavy atom. The summed E-state index contributed by atoms with van der Waals surface area (Å²) in [5, 5.41) is 26.1. The number of carbonyl (C=O) groups excluding carboxylic acids is 3. The molecule has 140 valence electrons. The van der Waals surface area contributed by atoms with Gasteiger partial charge in [0.15, 0.2) is 5.76 Å². The summed E-state index contributed by atoms with van der Waals surface area (Å²) in [4.78, 5) is 45.6. The topological polar surface area (TPSA) is 155 Å². The highest BCUT2D eigenvalue weighted by atomic mass is 16.6. The summed E-state index contributed by atoms with van der Waals surface area (Å²) >= 11 is 0. The normalized spacial score (nSPS) is 12.1. The number of hydrogen-bond donors (Lipinski definition) is 2. The van der Waals surface area contributed by atoms with Crippen LogP contribution in [-0.4, -0.2) is 28.7 Å². The van der Waals surface area contributed by atoms with E-state index in [1.165, 1.54) is 55.7 Å². The number of nitrogens with zero attached hydrogens (tertiary/aromatic N) is 1. The van der Waals surface area contributed by atoms with Crippen LogP contribution in [0.15, 0.2) is 52.8 Å². The van der Waals surface area contributed by atoms with Gasteiger partial charge in [0, 0.05) is 12.1 Å². The molecule has 10 nitrogen and oxygen atoms in total. The first-order valence-electron chi connectivity index (χ1n) is 7.60. The zero-order valence-electron chi connectivity index (χ0n) is 14.0. The summed E-state index contributed by atoms with van der Waals surface area (Å²) in [6.45, 7) is 1.19. The van der Waals surface area contributed by atoms with Crippen molar-refractivity contribution in [2.24, 2.45) is 0 Å². The molecule has 0 unspecified atom stereocenters. The molecule has 2 rings (SSSR count). The van der Waals surface area contributed by atoms with Gasteiger partial charge in [-0.1, -0.05) is 12.1 Å². The van der Waals surface area contributed by atoms with Crippen molar-refractivity contribution in [1.29, 1.82) is 0 Å². The molecule has 10 heteroatoms. The molecule has 2 amide bonds. The summed E-state index contributed by atoms with van der Waals surface area (Å²) in [6.07, 6.45) is 2.43. The molecule has 0 saturated carbocycles. The van der Waals surface area contributed by atoms with Crippen molar-refractivity contribution in [3.05, 3.63) is 69.8 Å². The van der Waals surface area contributed by atoms with E-state index in [9.17, 15) is 29.6 Å². The van der Waals surface area contributed by atoms with Crippen molar-refractivity contribution in [2.75, 3.05) is 0 Å². The second kappa shape index (κ2) is 8.43. The van der Waals surface area contributed by atoms with Crippen LogP contribution in [-0.2, 0) is 9.59 Å². The van der Waals surface area contributed by atoms with Crippen molar-refractivity contribution in [2.45, 2.75) is 13.0 Å². The minimum Gasteiger partial charge on any atom is -0.548 e. The van der Waals surface area contributed by atoms with E-state index in [0.29, 0.717) is 0 Å². The smallest absolute Gasteiger partial charge is 0.291 e. The van der Waals surface area contributed by atoms with Crippen LogP contribution < -0.4 is 15.7 Å². The van der Waals surface area contributed by atoms with Crippen LogP contribution in [0.5, 0.6) is 0 Å². The number of carboxylic acids is 1. The second-order valence-electron chi connectivity index (χ2n) is 5.36. The molecule has 27 heavy (non-hydrogen) atoms. The number of rotatable bonds is 7. The molecule has 0 radical (unpaired) electrons. The van der Waals surface area contributed by atoms with Crippen LogP contribution in [0.4, 0.5) is 5.69 Å². The maximum Gasteiger partial charge on any atom is 0.291 e. The lowest BCUT2D eigenvalue weighted by Crippen LogP contribution is -2.48. The quantitative estimate of drug-likeness (QED) is 0.400. The van der Waals surface area contributed by atoms with Gasteiger partial charge in [-0.05, 0) is 30.7 Å². The average molecular weight is 372 g/mol. The number of nitrogens with one attached hydrogen (secondary N) is 2. The SMILES string of the molecule is C[C@@H](NC(=O)/C(=C\c1cccc([N+](=O)[O-])c1)NC(=O)c1ccco1)C(=O)[O-]. The molecular formula is C17H14N3O7-. The largest absolute Gasteiger partial charge is 0.548 e. The fourth-order valence-corrected chi connectivity index (χ4v) is 1.98. The predicted molar refractivity (Wildman–Crippen MR) is 89.9 cm³/mol. The van der Waals surface area contributed by atoms with Crippen LogP contribution in [0.1, 0.15) is 23.0 Å². The van der Waals surface area contributed by atoms with E-state index in [0.717, 1.165) is 0 Å². The van der Waals surface area contributed by atoms with Gasteiger partial charge in [-0.3, -0.25) is 19.7 Å². The van der Waals surface area contributed by atoms with Crippen molar-refractivity contribution < 1.29 is 28.8 Å². The number of amides is 2. The third-order valence-electron chi connectivity index (χ3n) is 3.33. The van der Waals surface area contributed by atoms with Gasteiger partial charge < -0.3 is 25.0 Å².